The lowest BCUT2D eigenvalue weighted by molar-refractivity contribution is 0.284. The zero-order valence-corrected chi connectivity index (χ0v) is 19.8. The van der Waals surface area contributed by atoms with E-state index in [1.165, 1.54) is 0 Å². The molecule has 0 spiro atoms. The molecular weight excluding hydrogens is 490 g/mol. The van der Waals surface area contributed by atoms with Crippen molar-refractivity contribution in [3.05, 3.63) is 86.6 Å². The number of nitrogens with one attached hydrogen (secondary N) is 1. The van der Waals surface area contributed by atoms with Crippen LogP contribution in [-0.4, -0.2) is 17.1 Å². The van der Waals surface area contributed by atoms with Gasteiger partial charge in [-0.25, -0.2) is 4.98 Å². The van der Waals surface area contributed by atoms with Crippen LogP contribution < -0.4 is 9.47 Å². The summed E-state index contributed by atoms with van der Waals surface area (Å²) in [5.41, 5.74) is 4.90. The predicted molar refractivity (Wildman–Crippen MR) is 131 cm³/mol. The topological polar surface area (TPSA) is 70.9 Å². The van der Waals surface area contributed by atoms with E-state index in [1.807, 2.05) is 49.4 Å². The van der Waals surface area contributed by atoms with Gasteiger partial charge in [0, 0.05) is 4.47 Å². The molecule has 1 N–H and O–H groups in total. The number of imidazole rings is 1. The number of benzene rings is 3. The van der Waals surface area contributed by atoms with Gasteiger partial charge < -0.3 is 14.5 Å². The van der Waals surface area contributed by atoms with Gasteiger partial charge in [-0.2, -0.15) is 5.26 Å². The van der Waals surface area contributed by atoms with Crippen LogP contribution in [0.4, 0.5) is 0 Å². The molecule has 1 heterocycles. The minimum atomic E-state index is 0.348. The molecule has 0 unspecified atom stereocenters. The Morgan fingerprint density at radius 1 is 1.19 bits per heavy atom. The highest BCUT2D eigenvalue weighted by Gasteiger charge is 2.14. The van der Waals surface area contributed by atoms with Gasteiger partial charge in [0.15, 0.2) is 11.5 Å². The molecule has 4 aromatic rings. The molecule has 5 nitrogen and oxygen atoms in total. The van der Waals surface area contributed by atoms with Crippen LogP contribution in [0.3, 0.4) is 0 Å². The van der Waals surface area contributed by atoms with Crippen LogP contribution in [0, 0.1) is 18.3 Å². The molecule has 160 valence electrons. The number of ether oxygens (including phenoxy) is 2. The van der Waals surface area contributed by atoms with Gasteiger partial charge in [0.25, 0.3) is 0 Å². The summed E-state index contributed by atoms with van der Waals surface area (Å²) in [6, 6.07) is 19.5. The van der Waals surface area contributed by atoms with E-state index in [0.717, 1.165) is 26.6 Å². The van der Waals surface area contributed by atoms with Crippen LogP contribution >= 0.6 is 27.5 Å². The number of methoxy groups -OCH3 is 1. The fourth-order valence-corrected chi connectivity index (χ4v) is 3.81. The number of halogens is 2. The summed E-state index contributed by atoms with van der Waals surface area (Å²) in [6.07, 6.45) is 1.72. The molecule has 32 heavy (non-hydrogen) atoms. The van der Waals surface area contributed by atoms with E-state index in [2.05, 4.69) is 32.0 Å². The molecular formula is C25H19BrClN3O2. The second kappa shape index (κ2) is 9.47. The van der Waals surface area contributed by atoms with E-state index >= 15 is 0 Å². The third-order valence-electron chi connectivity index (χ3n) is 4.87. The number of hydrogen-bond acceptors (Lipinski definition) is 4. The summed E-state index contributed by atoms with van der Waals surface area (Å²) in [7, 11) is 1.55. The van der Waals surface area contributed by atoms with Gasteiger partial charge in [0.2, 0.25) is 0 Å². The predicted octanol–water partition coefficient (Wildman–Crippen LogP) is 6.94. The maximum absolute atomic E-state index is 9.73. The van der Waals surface area contributed by atoms with Gasteiger partial charge in [0.1, 0.15) is 18.5 Å². The van der Waals surface area contributed by atoms with Crippen molar-refractivity contribution in [2.45, 2.75) is 13.5 Å². The van der Waals surface area contributed by atoms with E-state index in [1.54, 1.807) is 25.3 Å². The van der Waals surface area contributed by atoms with Crippen molar-refractivity contribution in [3.8, 4) is 17.6 Å². The van der Waals surface area contributed by atoms with E-state index in [-0.39, 0.29) is 0 Å². The number of H-pyrrole nitrogens is 1. The molecule has 7 heteroatoms. The van der Waals surface area contributed by atoms with E-state index in [4.69, 9.17) is 21.1 Å². The Labute approximate surface area is 199 Å². The SMILES string of the molecule is COc1cc(/C=C(/C#N)c2nc3ccc(C)cc3[nH]2)cc(Cl)c1OCc1ccc(Br)cc1. The van der Waals surface area contributed by atoms with Crippen molar-refractivity contribution in [2.24, 2.45) is 0 Å². The zero-order chi connectivity index (χ0) is 22.7. The Bertz CT molecular complexity index is 1350. The quantitative estimate of drug-likeness (QED) is 0.286. The number of rotatable bonds is 6. The van der Waals surface area contributed by atoms with E-state index in [9.17, 15) is 5.26 Å². The highest BCUT2D eigenvalue weighted by atomic mass is 79.9. The molecule has 0 saturated carbocycles. The lowest BCUT2D eigenvalue weighted by atomic mass is 10.1. The molecule has 0 amide bonds. The first kappa shape index (κ1) is 21.9. The first-order valence-electron chi connectivity index (χ1n) is 9.80. The van der Waals surface area contributed by atoms with Gasteiger partial charge in [-0.3, -0.25) is 0 Å². The van der Waals surface area contributed by atoms with Crippen molar-refractivity contribution in [3.63, 3.8) is 0 Å². The van der Waals surface area contributed by atoms with Crippen LogP contribution in [0.15, 0.2) is 59.1 Å². The lowest BCUT2D eigenvalue weighted by Crippen LogP contribution is -1.99. The van der Waals surface area contributed by atoms with E-state index < -0.39 is 0 Å². The Balaban J connectivity index is 1.63. The largest absolute Gasteiger partial charge is 0.493 e. The second-order valence-electron chi connectivity index (χ2n) is 7.23. The first-order chi connectivity index (χ1) is 15.5. The number of nitrogens with zero attached hydrogens (tertiary/aromatic N) is 2. The second-order valence-corrected chi connectivity index (χ2v) is 8.55. The van der Waals surface area contributed by atoms with Gasteiger partial charge in [-0.1, -0.05) is 45.7 Å². The third-order valence-corrected chi connectivity index (χ3v) is 5.68. The zero-order valence-electron chi connectivity index (χ0n) is 17.4. The summed E-state index contributed by atoms with van der Waals surface area (Å²) >= 11 is 9.93. The number of aromatic nitrogens is 2. The molecule has 0 aliphatic carbocycles. The molecule has 0 bridgehead atoms. The Morgan fingerprint density at radius 3 is 2.69 bits per heavy atom. The normalized spacial score (nSPS) is 11.4. The van der Waals surface area contributed by atoms with Gasteiger partial charge >= 0.3 is 0 Å². The first-order valence-corrected chi connectivity index (χ1v) is 11.0. The van der Waals surface area contributed by atoms with Crippen molar-refractivity contribution < 1.29 is 9.47 Å². The van der Waals surface area contributed by atoms with Crippen LogP contribution in [0.25, 0.3) is 22.7 Å². The summed E-state index contributed by atoms with van der Waals surface area (Å²) in [5.74, 6) is 1.43. The Hall–Kier alpha value is -3.27. The number of aryl methyl sites for hydroxylation is 1. The van der Waals surface area contributed by atoms with Crippen LogP contribution in [0.2, 0.25) is 5.02 Å². The average Bonchev–Trinajstić information content (AvgIpc) is 3.20. The highest BCUT2D eigenvalue weighted by molar-refractivity contribution is 9.10. The molecule has 0 fully saturated rings. The molecule has 1 aromatic heterocycles. The van der Waals surface area contributed by atoms with Crippen molar-refractivity contribution in [1.29, 1.82) is 5.26 Å². The molecule has 3 aromatic carbocycles. The lowest BCUT2D eigenvalue weighted by Gasteiger charge is -2.13. The van der Waals surface area contributed by atoms with Crippen molar-refractivity contribution >= 4 is 50.2 Å². The Kier molecular flexibility index (Phi) is 6.50. The number of hydrogen-bond donors (Lipinski definition) is 1. The van der Waals surface area contributed by atoms with Gasteiger partial charge in [-0.05, 0) is 66.1 Å². The van der Waals surface area contributed by atoms with Gasteiger partial charge in [-0.15, -0.1) is 0 Å². The smallest absolute Gasteiger partial charge is 0.180 e. The average molecular weight is 509 g/mol. The third kappa shape index (κ3) is 4.80. The summed E-state index contributed by atoms with van der Waals surface area (Å²) in [5, 5.41) is 10.1. The van der Waals surface area contributed by atoms with E-state index in [0.29, 0.717) is 40.1 Å². The molecule has 0 aliphatic heterocycles. The summed E-state index contributed by atoms with van der Waals surface area (Å²) < 4.78 is 12.4. The maximum atomic E-state index is 9.73. The number of allylic oxidation sites excluding steroid dienone is 1. The molecule has 4 rings (SSSR count). The fraction of sp³-hybridized carbons (Fsp3) is 0.120. The summed E-state index contributed by atoms with van der Waals surface area (Å²) in [4.78, 5) is 7.74. The molecule has 0 atom stereocenters. The van der Waals surface area contributed by atoms with Crippen LogP contribution in [-0.2, 0) is 6.61 Å². The maximum Gasteiger partial charge on any atom is 0.180 e. The fourth-order valence-electron chi connectivity index (χ4n) is 3.27. The van der Waals surface area contributed by atoms with Crippen LogP contribution in [0.5, 0.6) is 11.5 Å². The number of nitriles is 1. The number of aromatic amines is 1. The minimum Gasteiger partial charge on any atom is -0.493 e. The number of fused-ring (bicyclic) bond motifs is 1. The molecule has 0 radical (unpaired) electrons. The highest BCUT2D eigenvalue weighted by Crippen LogP contribution is 2.38. The van der Waals surface area contributed by atoms with Crippen LogP contribution in [0.1, 0.15) is 22.5 Å². The molecule has 0 aliphatic rings. The minimum absolute atomic E-state index is 0.348. The van der Waals surface area contributed by atoms with Crippen molar-refractivity contribution in [1.82, 2.24) is 9.97 Å². The van der Waals surface area contributed by atoms with Gasteiger partial charge in [0.05, 0.1) is 28.7 Å². The Morgan fingerprint density at radius 2 is 1.97 bits per heavy atom. The summed E-state index contributed by atoms with van der Waals surface area (Å²) in [6.45, 7) is 2.36. The van der Waals surface area contributed by atoms with Crippen molar-refractivity contribution in [2.75, 3.05) is 7.11 Å². The standard InChI is InChI=1S/C25H19BrClN3O2/c1-15-3-8-21-22(9-15)30-25(29-21)18(13-28)10-17-11-20(27)24(23(12-17)31-2)32-14-16-4-6-19(26)7-5-16/h3-12H,14H2,1-2H3,(H,29,30)/b18-10-. The monoisotopic (exact) mass is 507 g/mol. The molecule has 0 saturated heterocycles.